The third-order valence-electron chi connectivity index (χ3n) is 9.09. The molecule has 1 aromatic heterocycles. The number of aliphatic hydroxyl groups is 2. The predicted octanol–water partition coefficient (Wildman–Crippen LogP) is 5.88. The first-order valence-electron chi connectivity index (χ1n) is 14.3. The molecule has 0 radical (unpaired) electrons. The van der Waals surface area contributed by atoms with Gasteiger partial charge in [-0.05, 0) is 61.5 Å². The van der Waals surface area contributed by atoms with E-state index in [0.717, 1.165) is 25.7 Å². The van der Waals surface area contributed by atoms with Gasteiger partial charge in [-0.2, -0.15) is 10.1 Å². The normalized spacial score (nSPS) is 24.3. The highest BCUT2D eigenvalue weighted by atomic mass is 33.1. The summed E-state index contributed by atoms with van der Waals surface area (Å²) in [6, 6.07) is 12.7. The lowest BCUT2D eigenvalue weighted by atomic mass is 9.79. The minimum Gasteiger partial charge on any atom is -0.383 e. The van der Waals surface area contributed by atoms with Gasteiger partial charge in [0.2, 0.25) is 11.5 Å². The van der Waals surface area contributed by atoms with Gasteiger partial charge < -0.3 is 10.2 Å². The fourth-order valence-corrected chi connectivity index (χ4v) is 8.34. The van der Waals surface area contributed by atoms with E-state index in [1.807, 2.05) is 13.8 Å². The summed E-state index contributed by atoms with van der Waals surface area (Å²) in [7, 11) is 2.54. The molecule has 3 aromatic rings. The number of hydrogen-bond donors (Lipinski definition) is 2. The molecule has 6 rings (SSSR count). The number of quaternary nitrogens is 1. The molecule has 1 aliphatic heterocycles. The van der Waals surface area contributed by atoms with E-state index in [1.54, 1.807) is 47.4 Å². The Labute approximate surface area is 252 Å². The fourth-order valence-electron chi connectivity index (χ4n) is 6.07. The number of rotatable bonds is 13. The number of benzene rings is 2. The summed E-state index contributed by atoms with van der Waals surface area (Å²) >= 11 is 0. The van der Waals surface area contributed by atoms with Gasteiger partial charge in [0, 0.05) is 21.9 Å². The highest BCUT2D eigenvalue weighted by Crippen LogP contribution is 2.51. The molecule has 2 aromatic carbocycles. The maximum absolute atomic E-state index is 15.1. The van der Waals surface area contributed by atoms with Crippen LogP contribution in [0.2, 0.25) is 0 Å². The second-order valence-electron chi connectivity index (χ2n) is 11.8. The molecule has 12 heteroatoms. The molecule has 222 valence electrons. The molecule has 2 aliphatic carbocycles. The van der Waals surface area contributed by atoms with Crippen molar-refractivity contribution in [1.29, 1.82) is 0 Å². The Morgan fingerprint density at radius 1 is 0.929 bits per heavy atom. The highest BCUT2D eigenvalue weighted by molar-refractivity contribution is 8.74. The predicted molar refractivity (Wildman–Crippen MR) is 160 cm³/mol. The minimum atomic E-state index is -1.51. The summed E-state index contributed by atoms with van der Waals surface area (Å²) in [5.74, 6) is -0.721. The minimum absolute atomic E-state index is 0.0176. The quantitative estimate of drug-likeness (QED) is 0.142. The lowest BCUT2D eigenvalue weighted by Gasteiger charge is -2.37. The average Bonchev–Trinajstić information content (AvgIpc) is 3.91. The van der Waals surface area contributed by atoms with Crippen molar-refractivity contribution in [3.05, 3.63) is 77.6 Å². The summed E-state index contributed by atoms with van der Waals surface area (Å²) in [6.45, 7) is 4.00. The molecule has 0 amide bonds. The van der Waals surface area contributed by atoms with E-state index in [-0.39, 0.29) is 40.0 Å². The van der Waals surface area contributed by atoms with Crippen LogP contribution in [-0.4, -0.2) is 48.2 Å². The van der Waals surface area contributed by atoms with Crippen LogP contribution in [0.15, 0.2) is 70.1 Å². The number of aliphatic imine (C=N–C) groups is 1. The molecule has 0 saturated heterocycles. The topological polar surface area (TPSA) is 95.9 Å². The van der Waals surface area contributed by atoms with Crippen molar-refractivity contribution >= 4 is 34.5 Å². The zero-order valence-electron chi connectivity index (χ0n) is 23.6. The largest absolute Gasteiger partial charge is 0.383 e. The molecule has 0 bridgehead atoms. The van der Waals surface area contributed by atoms with Gasteiger partial charge in [-0.15, -0.1) is 0 Å². The number of halogens is 2. The summed E-state index contributed by atoms with van der Waals surface area (Å²) in [6.07, 6.45) is 8.42. The third kappa shape index (κ3) is 5.67. The van der Waals surface area contributed by atoms with E-state index in [4.69, 9.17) is 0 Å². The molecule has 2 fully saturated rings. The van der Waals surface area contributed by atoms with Crippen molar-refractivity contribution in [2.45, 2.75) is 62.4 Å². The van der Waals surface area contributed by atoms with Crippen molar-refractivity contribution in [3.8, 4) is 0 Å². The van der Waals surface area contributed by atoms with E-state index in [1.165, 1.54) is 46.6 Å². The third-order valence-corrected chi connectivity index (χ3v) is 11.6. The summed E-state index contributed by atoms with van der Waals surface area (Å²) in [5.41, 5.74) is -2.51. The highest BCUT2D eigenvalue weighted by Gasteiger charge is 2.53. The average molecular weight is 614 g/mol. The Balaban J connectivity index is 1.27. The van der Waals surface area contributed by atoms with Gasteiger partial charge in [0.25, 0.3) is 0 Å². The van der Waals surface area contributed by atoms with Gasteiger partial charge in [0.1, 0.15) is 29.2 Å². The second kappa shape index (κ2) is 11.5. The second-order valence-corrected chi connectivity index (χ2v) is 14.1. The van der Waals surface area contributed by atoms with Crippen LogP contribution in [0.3, 0.4) is 0 Å². The van der Waals surface area contributed by atoms with Gasteiger partial charge in [0.15, 0.2) is 23.9 Å². The lowest BCUT2D eigenvalue weighted by molar-refractivity contribution is -0.706. The Morgan fingerprint density at radius 3 is 2.05 bits per heavy atom. The van der Waals surface area contributed by atoms with Crippen LogP contribution >= 0.6 is 21.8 Å². The van der Waals surface area contributed by atoms with Crippen LogP contribution in [0.4, 0.5) is 8.78 Å². The summed E-state index contributed by atoms with van der Waals surface area (Å²) in [5, 5.41) is 33.7. The SMILES string of the molecule is CC(C1CC1)C(O)(Cn1ncnc1SS[N+]1(CC(O)(c2ccccc2F)C(C)C2CC2)C=NC=N1)c1ccccc1F. The van der Waals surface area contributed by atoms with Gasteiger partial charge in [-0.25, -0.2) is 18.4 Å². The smallest absolute Gasteiger partial charge is 0.231 e. The van der Waals surface area contributed by atoms with E-state index in [0.29, 0.717) is 17.0 Å². The summed E-state index contributed by atoms with van der Waals surface area (Å²) in [4.78, 5) is 8.66. The standard InChI is InChI=1S/C30H35F2N6O2S2/c1-20(22-11-12-22)29(39,24-7-3-5-9-26(24)31)15-37-28(34-18-35-37)41-42-38(19-33-17-36-38)16-30(40,21(2)23-13-14-23)25-8-4-6-10-27(25)32/h3-10,17-23,39-40H,11-16H2,1-2H3/q+1. The Kier molecular flexibility index (Phi) is 8.03. The van der Waals surface area contributed by atoms with Gasteiger partial charge >= 0.3 is 0 Å². The van der Waals surface area contributed by atoms with E-state index >= 15 is 8.78 Å². The summed E-state index contributed by atoms with van der Waals surface area (Å²) < 4.78 is 31.6. The first-order chi connectivity index (χ1) is 20.2. The molecule has 42 heavy (non-hydrogen) atoms. The van der Waals surface area contributed by atoms with Crippen molar-refractivity contribution in [1.82, 2.24) is 14.8 Å². The molecule has 2 N–H and O–H groups in total. The van der Waals surface area contributed by atoms with Crippen molar-refractivity contribution in [2.24, 2.45) is 33.8 Å². The van der Waals surface area contributed by atoms with Crippen LogP contribution in [0, 0.1) is 35.3 Å². The van der Waals surface area contributed by atoms with Crippen LogP contribution in [0.25, 0.3) is 0 Å². The van der Waals surface area contributed by atoms with Crippen molar-refractivity contribution in [3.63, 3.8) is 0 Å². The molecular formula is C30H35F2N6O2S2+. The number of nitrogens with zero attached hydrogens (tertiary/aromatic N) is 6. The van der Waals surface area contributed by atoms with Crippen molar-refractivity contribution in [2.75, 3.05) is 6.54 Å². The van der Waals surface area contributed by atoms with Crippen LogP contribution in [0.1, 0.15) is 50.7 Å². The molecule has 8 nitrogen and oxygen atoms in total. The van der Waals surface area contributed by atoms with E-state index in [9.17, 15) is 10.2 Å². The lowest BCUT2D eigenvalue weighted by Crippen LogP contribution is -2.50. The van der Waals surface area contributed by atoms with Crippen LogP contribution in [-0.2, 0) is 17.7 Å². The maximum atomic E-state index is 15.1. The number of aromatic nitrogens is 3. The zero-order valence-corrected chi connectivity index (χ0v) is 25.2. The van der Waals surface area contributed by atoms with Gasteiger partial charge in [0.05, 0.1) is 6.54 Å². The molecular weight excluding hydrogens is 579 g/mol. The molecule has 2 saturated carbocycles. The van der Waals surface area contributed by atoms with Crippen LogP contribution in [0.5, 0.6) is 0 Å². The van der Waals surface area contributed by atoms with Crippen molar-refractivity contribution < 1.29 is 23.0 Å². The molecule has 5 atom stereocenters. The Morgan fingerprint density at radius 2 is 1.50 bits per heavy atom. The molecule has 5 unspecified atom stereocenters. The fraction of sp³-hybridized carbons (Fsp3) is 0.467. The zero-order chi connectivity index (χ0) is 29.5. The first-order valence-corrected chi connectivity index (χ1v) is 16.4. The molecule has 2 heterocycles. The Bertz CT molecular complexity index is 1480. The first kappa shape index (κ1) is 29.4. The van der Waals surface area contributed by atoms with Crippen LogP contribution < -0.4 is 0 Å². The Hall–Kier alpha value is -2.64. The monoisotopic (exact) mass is 613 g/mol. The molecule has 3 aliphatic rings. The van der Waals surface area contributed by atoms with E-state index < -0.39 is 22.8 Å². The maximum Gasteiger partial charge on any atom is 0.231 e. The van der Waals surface area contributed by atoms with Gasteiger partial charge in [-0.3, -0.25) is 0 Å². The van der Waals surface area contributed by atoms with E-state index in [2.05, 4.69) is 20.2 Å². The van der Waals surface area contributed by atoms with Gasteiger partial charge in [-0.1, -0.05) is 59.3 Å². The molecule has 0 spiro atoms. The number of hydrogen-bond acceptors (Lipinski definition) is 8.